The fourth-order valence-electron chi connectivity index (χ4n) is 1.80. The first-order chi connectivity index (χ1) is 9.17. The highest BCUT2D eigenvalue weighted by Gasteiger charge is 2.16. The van der Waals surface area contributed by atoms with Crippen LogP contribution < -0.4 is 4.74 Å². The molecule has 2 aromatic rings. The van der Waals surface area contributed by atoms with Gasteiger partial charge in [-0.15, -0.1) is 0 Å². The van der Waals surface area contributed by atoms with Crippen LogP contribution in [-0.2, 0) is 11.3 Å². The molecule has 0 aliphatic heterocycles. The number of ether oxygens (including phenoxy) is 1. The molecule has 0 radical (unpaired) electrons. The van der Waals surface area contributed by atoms with E-state index in [1.807, 2.05) is 0 Å². The highest BCUT2D eigenvalue weighted by atomic mass is 16.6. The molecule has 0 spiro atoms. The van der Waals surface area contributed by atoms with Gasteiger partial charge in [0, 0.05) is 11.8 Å². The summed E-state index contributed by atoms with van der Waals surface area (Å²) >= 11 is 0. The summed E-state index contributed by atoms with van der Waals surface area (Å²) in [5.41, 5.74) is 0.595. The Kier molecular flexibility index (Phi) is 3.70. The first-order valence-electron chi connectivity index (χ1n) is 5.55. The van der Waals surface area contributed by atoms with E-state index in [0.717, 1.165) is 0 Å². The van der Waals surface area contributed by atoms with Crippen molar-refractivity contribution in [2.75, 3.05) is 14.2 Å². The second kappa shape index (κ2) is 5.43. The second-order valence-corrected chi connectivity index (χ2v) is 3.75. The smallest absolute Gasteiger partial charge is 0.336 e. The fraction of sp³-hybridized carbons (Fsp3) is 0.231. The van der Waals surface area contributed by atoms with E-state index in [4.69, 9.17) is 14.3 Å². The summed E-state index contributed by atoms with van der Waals surface area (Å²) in [7, 11) is 2.95. The summed E-state index contributed by atoms with van der Waals surface area (Å²) in [4.78, 5) is 15.7. The van der Waals surface area contributed by atoms with E-state index in [1.165, 1.54) is 26.5 Å². The molecule has 1 aromatic carbocycles. The second-order valence-electron chi connectivity index (χ2n) is 3.75. The summed E-state index contributed by atoms with van der Waals surface area (Å²) in [5.74, 6) is 0.0725. The minimum absolute atomic E-state index is 0.175. The molecule has 1 heterocycles. The predicted octanol–water partition coefficient (Wildman–Crippen LogP) is 2.31. The standard InChI is InChI=1S/C13H13NO5/c1-17-11-4-3-9(13(15)16)10-7-8(19-12(10)11)5-6-14-18-2/h3-4,6-7H,5H2,1-2H3,(H,15,16)/b14-6-. The number of oxime groups is 1. The van der Waals surface area contributed by atoms with Crippen LogP contribution in [0.15, 0.2) is 27.8 Å². The van der Waals surface area contributed by atoms with Crippen molar-refractivity contribution in [1.29, 1.82) is 0 Å². The number of carboxylic acids is 1. The predicted molar refractivity (Wildman–Crippen MR) is 68.9 cm³/mol. The van der Waals surface area contributed by atoms with Gasteiger partial charge in [0.15, 0.2) is 11.3 Å². The monoisotopic (exact) mass is 263 g/mol. The molecule has 0 fully saturated rings. The Morgan fingerprint density at radius 3 is 2.89 bits per heavy atom. The number of nitrogens with zero attached hydrogens (tertiary/aromatic N) is 1. The molecule has 1 aromatic heterocycles. The average Bonchev–Trinajstić information content (AvgIpc) is 2.81. The van der Waals surface area contributed by atoms with Crippen LogP contribution in [0.2, 0.25) is 0 Å². The van der Waals surface area contributed by atoms with Gasteiger partial charge in [0.2, 0.25) is 0 Å². The van der Waals surface area contributed by atoms with Crippen LogP contribution in [0.25, 0.3) is 11.0 Å². The maximum atomic E-state index is 11.2. The SMILES string of the molecule is CO/N=C\Cc1cc2c(C(=O)O)ccc(OC)c2o1. The molecular weight excluding hydrogens is 250 g/mol. The number of hydrogen-bond donors (Lipinski definition) is 1. The molecule has 2 rings (SSSR count). The van der Waals surface area contributed by atoms with Crippen LogP contribution in [0.1, 0.15) is 16.1 Å². The summed E-state index contributed by atoms with van der Waals surface area (Å²) in [6.45, 7) is 0. The van der Waals surface area contributed by atoms with E-state index in [9.17, 15) is 4.79 Å². The van der Waals surface area contributed by atoms with Gasteiger partial charge in [-0.05, 0) is 18.2 Å². The van der Waals surface area contributed by atoms with Gasteiger partial charge in [-0.3, -0.25) is 0 Å². The Balaban J connectivity index is 2.51. The lowest BCUT2D eigenvalue weighted by atomic mass is 10.1. The van der Waals surface area contributed by atoms with Crippen LogP contribution in [-0.4, -0.2) is 31.5 Å². The Morgan fingerprint density at radius 2 is 2.26 bits per heavy atom. The zero-order chi connectivity index (χ0) is 13.8. The van der Waals surface area contributed by atoms with E-state index >= 15 is 0 Å². The van der Waals surface area contributed by atoms with Crippen molar-refractivity contribution in [2.24, 2.45) is 5.16 Å². The molecule has 0 saturated carbocycles. The minimum atomic E-state index is -1.01. The van der Waals surface area contributed by atoms with Gasteiger partial charge in [-0.2, -0.15) is 0 Å². The van der Waals surface area contributed by atoms with Crippen molar-refractivity contribution in [3.8, 4) is 5.75 Å². The molecule has 0 aliphatic rings. The average molecular weight is 263 g/mol. The Bertz CT molecular complexity index is 629. The number of aromatic carboxylic acids is 1. The largest absolute Gasteiger partial charge is 0.493 e. The molecule has 0 saturated heterocycles. The number of carboxylic acid groups (broad SMARTS) is 1. The van der Waals surface area contributed by atoms with Crippen molar-refractivity contribution >= 4 is 23.2 Å². The maximum Gasteiger partial charge on any atom is 0.336 e. The number of carbonyl (C=O) groups is 1. The van der Waals surface area contributed by atoms with Gasteiger partial charge in [-0.25, -0.2) is 4.79 Å². The van der Waals surface area contributed by atoms with Gasteiger partial charge in [0.05, 0.1) is 18.9 Å². The van der Waals surface area contributed by atoms with Gasteiger partial charge >= 0.3 is 5.97 Å². The quantitative estimate of drug-likeness (QED) is 0.661. The lowest BCUT2D eigenvalue weighted by molar-refractivity contribution is 0.0699. The molecule has 0 aliphatic carbocycles. The summed E-state index contributed by atoms with van der Waals surface area (Å²) in [5, 5.41) is 13.3. The fourth-order valence-corrected chi connectivity index (χ4v) is 1.80. The van der Waals surface area contributed by atoms with Crippen LogP contribution in [0.5, 0.6) is 5.75 Å². The molecule has 0 bridgehead atoms. The maximum absolute atomic E-state index is 11.2. The number of rotatable bonds is 5. The first-order valence-corrected chi connectivity index (χ1v) is 5.55. The van der Waals surface area contributed by atoms with E-state index in [-0.39, 0.29) is 5.56 Å². The number of furan rings is 1. The minimum Gasteiger partial charge on any atom is -0.493 e. The van der Waals surface area contributed by atoms with Crippen LogP contribution in [0, 0.1) is 0 Å². The first kappa shape index (κ1) is 12.9. The summed E-state index contributed by atoms with van der Waals surface area (Å²) in [6.07, 6.45) is 1.94. The molecule has 19 heavy (non-hydrogen) atoms. The van der Waals surface area contributed by atoms with E-state index in [0.29, 0.717) is 28.9 Å². The van der Waals surface area contributed by atoms with Crippen LogP contribution in [0.4, 0.5) is 0 Å². The normalized spacial score (nSPS) is 11.1. The highest BCUT2D eigenvalue weighted by molar-refractivity contribution is 6.04. The Labute approximate surface area is 109 Å². The summed E-state index contributed by atoms with van der Waals surface area (Å²) < 4.78 is 10.7. The van der Waals surface area contributed by atoms with Crippen molar-refractivity contribution in [2.45, 2.75) is 6.42 Å². The van der Waals surface area contributed by atoms with E-state index in [1.54, 1.807) is 12.1 Å². The van der Waals surface area contributed by atoms with Crippen molar-refractivity contribution in [1.82, 2.24) is 0 Å². The van der Waals surface area contributed by atoms with Crippen molar-refractivity contribution < 1.29 is 23.9 Å². The third-order valence-electron chi connectivity index (χ3n) is 2.62. The zero-order valence-corrected chi connectivity index (χ0v) is 10.5. The lowest BCUT2D eigenvalue weighted by Crippen LogP contribution is -1.97. The zero-order valence-electron chi connectivity index (χ0n) is 10.5. The highest BCUT2D eigenvalue weighted by Crippen LogP contribution is 2.31. The number of hydrogen-bond acceptors (Lipinski definition) is 5. The molecule has 0 atom stereocenters. The van der Waals surface area contributed by atoms with Gasteiger partial charge in [0.25, 0.3) is 0 Å². The molecule has 6 heteroatoms. The lowest BCUT2D eigenvalue weighted by Gasteiger charge is -2.02. The molecule has 100 valence electrons. The summed E-state index contributed by atoms with van der Waals surface area (Å²) in [6, 6.07) is 4.73. The third kappa shape index (κ3) is 2.52. The van der Waals surface area contributed by atoms with Gasteiger partial charge in [0.1, 0.15) is 12.9 Å². The third-order valence-corrected chi connectivity index (χ3v) is 2.62. The van der Waals surface area contributed by atoms with Crippen molar-refractivity contribution in [3.63, 3.8) is 0 Å². The van der Waals surface area contributed by atoms with E-state index < -0.39 is 5.97 Å². The molecule has 0 amide bonds. The topological polar surface area (TPSA) is 81.3 Å². The number of fused-ring (bicyclic) bond motifs is 1. The number of methoxy groups -OCH3 is 1. The molecule has 1 N–H and O–H groups in total. The van der Waals surface area contributed by atoms with Crippen LogP contribution >= 0.6 is 0 Å². The number of benzene rings is 1. The Hall–Kier alpha value is -2.50. The molecule has 0 unspecified atom stereocenters. The van der Waals surface area contributed by atoms with E-state index in [2.05, 4.69) is 9.99 Å². The molecular formula is C13H13NO5. The van der Waals surface area contributed by atoms with Gasteiger partial charge in [-0.1, -0.05) is 5.16 Å². The van der Waals surface area contributed by atoms with Crippen molar-refractivity contribution in [3.05, 3.63) is 29.5 Å². The Morgan fingerprint density at radius 1 is 1.47 bits per heavy atom. The van der Waals surface area contributed by atoms with Crippen LogP contribution in [0.3, 0.4) is 0 Å². The van der Waals surface area contributed by atoms with Gasteiger partial charge < -0.3 is 19.1 Å². The molecule has 6 nitrogen and oxygen atoms in total.